The second kappa shape index (κ2) is 14.6. The standard InChI is InChI=1S/C34H44O4/c1-6-7-10-23-36-30-20-18-28(19-21-30)27-14-16-29(17-15-27)31-22-13-26(2)25-32(31)37-24-11-8-9-12-33(35)38-34(3,4)5/h13-22,25H,6-12,23-24H2,1-5H3. The number of hydrogen-bond acceptors (Lipinski definition) is 4. The van der Waals surface area contributed by atoms with Crippen LogP contribution in [-0.2, 0) is 9.53 Å². The summed E-state index contributed by atoms with van der Waals surface area (Å²) in [7, 11) is 0. The lowest BCUT2D eigenvalue weighted by molar-refractivity contribution is -0.154. The molecule has 4 heteroatoms. The second-order valence-corrected chi connectivity index (χ2v) is 10.9. The van der Waals surface area contributed by atoms with Crippen molar-refractivity contribution in [3.05, 3.63) is 72.3 Å². The summed E-state index contributed by atoms with van der Waals surface area (Å²) in [6, 6.07) is 23.3. The minimum absolute atomic E-state index is 0.130. The summed E-state index contributed by atoms with van der Waals surface area (Å²) in [5.74, 6) is 1.69. The van der Waals surface area contributed by atoms with Crippen LogP contribution in [-0.4, -0.2) is 24.8 Å². The molecule has 0 aliphatic heterocycles. The van der Waals surface area contributed by atoms with Crippen molar-refractivity contribution in [1.29, 1.82) is 0 Å². The molecular weight excluding hydrogens is 472 g/mol. The number of benzene rings is 3. The van der Waals surface area contributed by atoms with E-state index >= 15 is 0 Å². The first-order valence-corrected chi connectivity index (χ1v) is 14.0. The molecule has 0 aromatic heterocycles. The van der Waals surface area contributed by atoms with Gasteiger partial charge in [0.1, 0.15) is 17.1 Å². The van der Waals surface area contributed by atoms with Crippen LogP contribution in [0.2, 0.25) is 0 Å². The fourth-order valence-electron chi connectivity index (χ4n) is 4.24. The first kappa shape index (κ1) is 29.3. The molecule has 0 bridgehead atoms. The second-order valence-electron chi connectivity index (χ2n) is 10.9. The summed E-state index contributed by atoms with van der Waals surface area (Å²) >= 11 is 0. The van der Waals surface area contributed by atoms with Crippen molar-refractivity contribution in [3.63, 3.8) is 0 Å². The maximum Gasteiger partial charge on any atom is 0.306 e. The maximum atomic E-state index is 11.9. The zero-order valence-electron chi connectivity index (χ0n) is 23.8. The van der Waals surface area contributed by atoms with Gasteiger partial charge in [-0.25, -0.2) is 0 Å². The van der Waals surface area contributed by atoms with Crippen LogP contribution >= 0.6 is 0 Å². The highest BCUT2D eigenvalue weighted by Crippen LogP contribution is 2.33. The fourth-order valence-corrected chi connectivity index (χ4v) is 4.24. The van der Waals surface area contributed by atoms with Gasteiger partial charge in [-0.3, -0.25) is 4.79 Å². The molecule has 0 saturated heterocycles. The quantitative estimate of drug-likeness (QED) is 0.158. The lowest BCUT2D eigenvalue weighted by atomic mass is 9.99. The van der Waals surface area contributed by atoms with E-state index in [2.05, 4.69) is 80.6 Å². The number of hydrogen-bond donors (Lipinski definition) is 0. The van der Waals surface area contributed by atoms with Gasteiger partial charge in [-0.2, -0.15) is 0 Å². The topological polar surface area (TPSA) is 44.8 Å². The van der Waals surface area contributed by atoms with Crippen LogP contribution in [0.5, 0.6) is 11.5 Å². The number of carbonyl (C=O) groups is 1. The van der Waals surface area contributed by atoms with E-state index in [4.69, 9.17) is 14.2 Å². The number of rotatable bonds is 14. The molecule has 3 aromatic rings. The summed E-state index contributed by atoms with van der Waals surface area (Å²) < 4.78 is 17.4. The Morgan fingerprint density at radius 1 is 0.711 bits per heavy atom. The molecule has 0 heterocycles. The van der Waals surface area contributed by atoms with Gasteiger partial charge in [0.15, 0.2) is 0 Å². The van der Waals surface area contributed by atoms with E-state index in [1.807, 2.05) is 20.8 Å². The smallest absolute Gasteiger partial charge is 0.306 e. The molecule has 3 rings (SSSR count). The van der Waals surface area contributed by atoms with Crippen LogP contribution in [0.1, 0.15) is 78.2 Å². The van der Waals surface area contributed by atoms with Gasteiger partial charge in [-0.15, -0.1) is 0 Å². The Labute approximate surface area is 229 Å². The third kappa shape index (κ3) is 9.89. The van der Waals surface area contributed by atoms with Crippen LogP contribution in [0.3, 0.4) is 0 Å². The van der Waals surface area contributed by atoms with Crippen molar-refractivity contribution >= 4 is 5.97 Å². The van der Waals surface area contributed by atoms with Crippen molar-refractivity contribution in [2.24, 2.45) is 0 Å². The van der Waals surface area contributed by atoms with Crippen molar-refractivity contribution in [1.82, 2.24) is 0 Å². The molecule has 0 atom stereocenters. The van der Waals surface area contributed by atoms with Crippen molar-refractivity contribution in [2.45, 2.75) is 85.2 Å². The van der Waals surface area contributed by atoms with Crippen molar-refractivity contribution in [2.75, 3.05) is 13.2 Å². The molecule has 38 heavy (non-hydrogen) atoms. The minimum Gasteiger partial charge on any atom is -0.494 e. The summed E-state index contributed by atoms with van der Waals surface area (Å²) in [6.45, 7) is 11.4. The highest BCUT2D eigenvalue weighted by Gasteiger charge is 2.15. The van der Waals surface area contributed by atoms with Gasteiger partial charge in [0, 0.05) is 12.0 Å². The van der Waals surface area contributed by atoms with Crippen LogP contribution in [0.15, 0.2) is 66.7 Å². The molecule has 0 fully saturated rings. The normalized spacial score (nSPS) is 11.3. The molecular formula is C34H44O4. The van der Waals surface area contributed by atoms with Crippen molar-refractivity contribution in [3.8, 4) is 33.8 Å². The summed E-state index contributed by atoms with van der Waals surface area (Å²) in [6.07, 6.45) is 6.59. The Morgan fingerprint density at radius 2 is 1.32 bits per heavy atom. The SMILES string of the molecule is CCCCCOc1ccc(-c2ccc(-c3ccc(C)cc3OCCCCCC(=O)OC(C)(C)C)cc2)cc1. The zero-order chi connectivity index (χ0) is 27.4. The number of carbonyl (C=O) groups excluding carboxylic acids is 1. The molecule has 0 N–H and O–H groups in total. The van der Waals surface area contributed by atoms with Gasteiger partial charge >= 0.3 is 5.97 Å². The number of esters is 1. The zero-order valence-corrected chi connectivity index (χ0v) is 23.8. The average molecular weight is 517 g/mol. The summed E-state index contributed by atoms with van der Waals surface area (Å²) in [5, 5.41) is 0. The van der Waals surface area contributed by atoms with Gasteiger partial charge in [0.2, 0.25) is 0 Å². The molecule has 0 unspecified atom stereocenters. The van der Waals surface area contributed by atoms with Gasteiger partial charge in [-0.05, 0) is 93.8 Å². The lowest BCUT2D eigenvalue weighted by Gasteiger charge is -2.19. The molecule has 0 aliphatic carbocycles. The van der Waals surface area contributed by atoms with Crippen LogP contribution < -0.4 is 9.47 Å². The average Bonchev–Trinajstić information content (AvgIpc) is 2.88. The molecule has 3 aromatic carbocycles. The number of aryl methyl sites for hydroxylation is 1. The molecule has 0 spiro atoms. The first-order chi connectivity index (χ1) is 18.2. The fraction of sp³-hybridized carbons (Fsp3) is 0.441. The number of ether oxygens (including phenoxy) is 3. The molecule has 0 saturated carbocycles. The third-order valence-electron chi connectivity index (χ3n) is 6.24. The first-order valence-electron chi connectivity index (χ1n) is 14.0. The molecule has 0 amide bonds. The Bertz CT molecular complexity index is 1120. The Balaban J connectivity index is 1.54. The Hall–Kier alpha value is -3.27. The molecule has 204 valence electrons. The molecule has 4 nitrogen and oxygen atoms in total. The summed E-state index contributed by atoms with van der Waals surface area (Å²) in [4.78, 5) is 11.9. The van der Waals surface area contributed by atoms with E-state index in [0.29, 0.717) is 13.0 Å². The van der Waals surface area contributed by atoms with E-state index < -0.39 is 5.60 Å². The van der Waals surface area contributed by atoms with E-state index in [1.54, 1.807) is 0 Å². The van der Waals surface area contributed by atoms with E-state index in [9.17, 15) is 4.79 Å². The number of unbranched alkanes of at least 4 members (excludes halogenated alkanes) is 4. The molecule has 0 aliphatic rings. The predicted molar refractivity (Wildman–Crippen MR) is 157 cm³/mol. The summed E-state index contributed by atoms with van der Waals surface area (Å²) in [5.41, 5.74) is 5.31. The van der Waals surface area contributed by atoms with Crippen LogP contribution in [0.4, 0.5) is 0 Å². The Morgan fingerprint density at radius 3 is 1.97 bits per heavy atom. The van der Waals surface area contributed by atoms with Crippen LogP contribution in [0.25, 0.3) is 22.3 Å². The highest BCUT2D eigenvalue weighted by molar-refractivity contribution is 5.74. The van der Waals surface area contributed by atoms with E-state index in [0.717, 1.165) is 54.9 Å². The van der Waals surface area contributed by atoms with Gasteiger partial charge in [0.05, 0.1) is 13.2 Å². The van der Waals surface area contributed by atoms with Crippen LogP contribution in [0, 0.1) is 6.92 Å². The van der Waals surface area contributed by atoms with Gasteiger partial charge in [0.25, 0.3) is 0 Å². The maximum absolute atomic E-state index is 11.9. The van der Waals surface area contributed by atoms with E-state index in [1.165, 1.54) is 29.5 Å². The highest BCUT2D eigenvalue weighted by atomic mass is 16.6. The van der Waals surface area contributed by atoms with E-state index in [-0.39, 0.29) is 5.97 Å². The molecule has 0 radical (unpaired) electrons. The third-order valence-corrected chi connectivity index (χ3v) is 6.24. The van der Waals surface area contributed by atoms with Crippen molar-refractivity contribution < 1.29 is 19.0 Å². The van der Waals surface area contributed by atoms with Gasteiger partial charge < -0.3 is 14.2 Å². The van der Waals surface area contributed by atoms with Gasteiger partial charge in [-0.1, -0.05) is 68.3 Å². The largest absolute Gasteiger partial charge is 0.494 e. The Kier molecular flexibility index (Phi) is 11.3. The monoisotopic (exact) mass is 516 g/mol. The minimum atomic E-state index is -0.424. The predicted octanol–water partition coefficient (Wildman–Crippen LogP) is 9.18. The lowest BCUT2D eigenvalue weighted by Crippen LogP contribution is -2.23.